The molecule has 1 aliphatic heterocycles. The second kappa shape index (κ2) is 4.82. The minimum Gasteiger partial charge on any atom is -0.369 e. The Kier molecular flexibility index (Phi) is 3.16. The maximum Gasteiger partial charge on any atom is 0.222 e. The van der Waals surface area contributed by atoms with Gasteiger partial charge in [0.25, 0.3) is 0 Å². The van der Waals surface area contributed by atoms with Crippen molar-refractivity contribution in [3.63, 3.8) is 0 Å². The van der Waals surface area contributed by atoms with Crippen molar-refractivity contribution < 1.29 is 4.79 Å². The molecule has 2 aromatic rings. The Morgan fingerprint density at radius 3 is 3.21 bits per heavy atom. The summed E-state index contributed by atoms with van der Waals surface area (Å²) in [4.78, 5) is 19.1. The van der Waals surface area contributed by atoms with Gasteiger partial charge in [-0.3, -0.25) is 9.20 Å². The van der Waals surface area contributed by atoms with Crippen LogP contribution in [0.3, 0.4) is 0 Å². The van der Waals surface area contributed by atoms with Gasteiger partial charge >= 0.3 is 0 Å². The van der Waals surface area contributed by atoms with E-state index >= 15 is 0 Å². The molecule has 6 nitrogen and oxygen atoms in total. The lowest BCUT2D eigenvalue weighted by Gasteiger charge is -2.17. The maximum atomic E-state index is 11.3. The van der Waals surface area contributed by atoms with Crippen molar-refractivity contribution in [2.45, 2.75) is 13.0 Å². The number of amides is 1. The number of rotatable bonds is 4. The zero-order valence-corrected chi connectivity index (χ0v) is 11.6. The Bertz CT molecular complexity index is 604. The SMILES string of the molecule is CNCc1c(N2CCC(C(N)=O)C2)nc2sccn12. The van der Waals surface area contributed by atoms with Gasteiger partial charge in [-0.15, -0.1) is 11.3 Å². The molecule has 1 atom stereocenters. The molecule has 1 aliphatic rings. The van der Waals surface area contributed by atoms with Crippen LogP contribution in [0.1, 0.15) is 12.1 Å². The molecule has 0 bridgehead atoms. The summed E-state index contributed by atoms with van der Waals surface area (Å²) in [7, 11) is 1.92. The summed E-state index contributed by atoms with van der Waals surface area (Å²) < 4.78 is 2.11. The van der Waals surface area contributed by atoms with E-state index in [0.717, 1.165) is 36.0 Å². The number of aromatic nitrogens is 2. The highest BCUT2D eigenvalue weighted by molar-refractivity contribution is 7.15. The summed E-state index contributed by atoms with van der Waals surface area (Å²) in [6, 6.07) is 0. The molecule has 0 aliphatic carbocycles. The summed E-state index contributed by atoms with van der Waals surface area (Å²) in [5, 5.41) is 5.20. The van der Waals surface area contributed by atoms with Crippen molar-refractivity contribution in [2.24, 2.45) is 11.7 Å². The number of primary amides is 1. The number of carbonyl (C=O) groups excluding carboxylic acids is 1. The van der Waals surface area contributed by atoms with Gasteiger partial charge in [-0.2, -0.15) is 0 Å². The highest BCUT2D eigenvalue weighted by Crippen LogP contribution is 2.29. The minimum absolute atomic E-state index is 0.0535. The zero-order chi connectivity index (χ0) is 13.4. The van der Waals surface area contributed by atoms with Gasteiger partial charge in [-0.05, 0) is 13.5 Å². The summed E-state index contributed by atoms with van der Waals surface area (Å²) in [5.74, 6) is 0.714. The van der Waals surface area contributed by atoms with Gasteiger partial charge in [0.15, 0.2) is 10.8 Å². The number of thiazole rings is 1. The van der Waals surface area contributed by atoms with Crippen LogP contribution >= 0.6 is 11.3 Å². The van der Waals surface area contributed by atoms with E-state index in [9.17, 15) is 4.79 Å². The predicted molar refractivity (Wildman–Crippen MR) is 75.3 cm³/mol. The number of carbonyl (C=O) groups is 1. The lowest BCUT2D eigenvalue weighted by molar-refractivity contribution is -0.121. The smallest absolute Gasteiger partial charge is 0.222 e. The lowest BCUT2D eigenvalue weighted by Crippen LogP contribution is -2.28. The fourth-order valence-electron chi connectivity index (χ4n) is 2.59. The van der Waals surface area contributed by atoms with E-state index in [4.69, 9.17) is 5.73 Å². The molecule has 1 amide bonds. The van der Waals surface area contributed by atoms with Crippen LogP contribution in [0.4, 0.5) is 5.82 Å². The molecule has 0 aromatic carbocycles. The molecule has 1 fully saturated rings. The Labute approximate surface area is 115 Å². The third-order valence-corrected chi connectivity index (χ3v) is 4.33. The van der Waals surface area contributed by atoms with E-state index < -0.39 is 0 Å². The molecule has 0 radical (unpaired) electrons. The first-order valence-corrected chi connectivity index (χ1v) is 7.22. The second-order valence-corrected chi connectivity index (χ2v) is 5.68. The molecule has 3 rings (SSSR count). The number of nitrogens with one attached hydrogen (secondary N) is 1. The number of imidazole rings is 1. The third kappa shape index (κ3) is 2.08. The average Bonchev–Trinajstić information content (AvgIpc) is 3.04. The van der Waals surface area contributed by atoms with Crippen LogP contribution in [0, 0.1) is 5.92 Å². The molecule has 2 aromatic heterocycles. The summed E-state index contributed by atoms with van der Waals surface area (Å²) in [5.41, 5.74) is 6.53. The Morgan fingerprint density at radius 1 is 1.68 bits per heavy atom. The minimum atomic E-state index is -0.210. The van der Waals surface area contributed by atoms with Gasteiger partial charge in [-0.25, -0.2) is 4.98 Å². The van der Waals surface area contributed by atoms with E-state index in [2.05, 4.69) is 19.6 Å². The van der Waals surface area contributed by atoms with Crippen LogP contribution < -0.4 is 16.0 Å². The van der Waals surface area contributed by atoms with Crippen molar-refractivity contribution in [1.29, 1.82) is 0 Å². The van der Waals surface area contributed by atoms with E-state index in [1.807, 2.05) is 18.6 Å². The molecule has 1 saturated heterocycles. The quantitative estimate of drug-likeness (QED) is 0.851. The predicted octanol–water partition coefficient (Wildman–Crippen LogP) is 0.427. The topological polar surface area (TPSA) is 75.7 Å². The summed E-state index contributed by atoms with van der Waals surface area (Å²) >= 11 is 1.62. The molecule has 3 heterocycles. The molecule has 1 unspecified atom stereocenters. The van der Waals surface area contributed by atoms with Crippen LogP contribution in [0.5, 0.6) is 0 Å². The highest BCUT2D eigenvalue weighted by atomic mass is 32.1. The first-order chi connectivity index (χ1) is 9.20. The fraction of sp³-hybridized carbons (Fsp3) is 0.500. The first-order valence-electron chi connectivity index (χ1n) is 6.34. The normalized spacial score (nSPS) is 19.4. The van der Waals surface area contributed by atoms with Crippen LogP contribution in [-0.4, -0.2) is 35.4 Å². The summed E-state index contributed by atoms with van der Waals surface area (Å²) in [6.07, 6.45) is 2.85. The molecule has 3 N–H and O–H groups in total. The van der Waals surface area contributed by atoms with E-state index in [0.29, 0.717) is 6.54 Å². The highest BCUT2D eigenvalue weighted by Gasteiger charge is 2.30. The average molecular weight is 279 g/mol. The second-order valence-electron chi connectivity index (χ2n) is 4.80. The van der Waals surface area contributed by atoms with Crippen LogP contribution in [0.15, 0.2) is 11.6 Å². The molecule has 0 saturated carbocycles. The first kappa shape index (κ1) is 12.4. The number of hydrogen-bond acceptors (Lipinski definition) is 5. The van der Waals surface area contributed by atoms with Crippen molar-refractivity contribution in [3.8, 4) is 0 Å². The molecule has 7 heteroatoms. The number of fused-ring (bicyclic) bond motifs is 1. The van der Waals surface area contributed by atoms with Gasteiger partial charge < -0.3 is 16.0 Å². The van der Waals surface area contributed by atoms with Crippen molar-refractivity contribution in [1.82, 2.24) is 14.7 Å². The van der Waals surface area contributed by atoms with Crippen LogP contribution in [0.2, 0.25) is 0 Å². The fourth-order valence-corrected chi connectivity index (χ4v) is 3.32. The molecule has 102 valence electrons. The van der Waals surface area contributed by atoms with Crippen LogP contribution in [0.25, 0.3) is 4.96 Å². The number of hydrogen-bond donors (Lipinski definition) is 2. The van der Waals surface area contributed by atoms with Gasteiger partial charge in [-0.1, -0.05) is 0 Å². The van der Waals surface area contributed by atoms with Crippen molar-refractivity contribution in [2.75, 3.05) is 25.0 Å². The number of anilines is 1. The molecule has 19 heavy (non-hydrogen) atoms. The summed E-state index contributed by atoms with van der Waals surface area (Å²) in [6.45, 7) is 2.27. The zero-order valence-electron chi connectivity index (χ0n) is 10.8. The largest absolute Gasteiger partial charge is 0.369 e. The van der Waals surface area contributed by atoms with E-state index in [1.54, 1.807) is 11.3 Å². The Balaban J connectivity index is 1.94. The standard InChI is InChI=1S/C12H17N5OS/c1-14-6-9-11(15-12-17(9)4-5-19-12)16-3-2-8(7-16)10(13)18/h4-5,8,14H,2-3,6-7H2,1H3,(H2,13,18). The molecular weight excluding hydrogens is 262 g/mol. The maximum absolute atomic E-state index is 11.3. The molecular formula is C12H17N5OS. The van der Waals surface area contributed by atoms with Crippen LogP contribution in [-0.2, 0) is 11.3 Å². The lowest BCUT2D eigenvalue weighted by atomic mass is 10.1. The molecule has 0 spiro atoms. The van der Waals surface area contributed by atoms with E-state index in [-0.39, 0.29) is 11.8 Å². The van der Waals surface area contributed by atoms with Crippen molar-refractivity contribution in [3.05, 3.63) is 17.3 Å². The monoisotopic (exact) mass is 279 g/mol. The third-order valence-electron chi connectivity index (χ3n) is 3.57. The van der Waals surface area contributed by atoms with Gasteiger partial charge in [0.2, 0.25) is 5.91 Å². The van der Waals surface area contributed by atoms with Gasteiger partial charge in [0.05, 0.1) is 11.6 Å². The Morgan fingerprint density at radius 2 is 2.53 bits per heavy atom. The Hall–Kier alpha value is -1.60. The van der Waals surface area contributed by atoms with Crippen molar-refractivity contribution >= 4 is 28.0 Å². The van der Waals surface area contributed by atoms with Gasteiger partial charge in [0.1, 0.15) is 0 Å². The van der Waals surface area contributed by atoms with E-state index in [1.165, 1.54) is 0 Å². The number of nitrogens with two attached hydrogens (primary N) is 1. The number of nitrogens with zero attached hydrogens (tertiary/aromatic N) is 3. The van der Waals surface area contributed by atoms with Gasteiger partial charge in [0, 0.05) is 31.2 Å².